The maximum Gasteiger partial charge on any atom is 0.151 e. The van der Waals surface area contributed by atoms with Gasteiger partial charge >= 0.3 is 0 Å². The first kappa shape index (κ1) is 5.64. The zero-order chi connectivity index (χ0) is 4.28. The van der Waals surface area contributed by atoms with Gasteiger partial charge in [0.25, 0.3) is 0 Å². The third-order valence-corrected chi connectivity index (χ3v) is 0.756. The van der Waals surface area contributed by atoms with Gasteiger partial charge in [-0.15, -0.1) is 23.2 Å². The number of halogens is 2. The molecule has 0 rings (SSSR count). The van der Waals surface area contributed by atoms with Gasteiger partial charge in [0.15, 0.2) is 7.28 Å². The van der Waals surface area contributed by atoms with Gasteiger partial charge in [-0.3, -0.25) is 0 Å². The van der Waals surface area contributed by atoms with Gasteiger partial charge in [0, 0.05) is 0 Å². The fraction of sp³-hybridized carbons (Fsp3) is 1.00. The standard InChI is InChI=1S/C2H4BCl2/c1-3-2(4)5/h2H,1H3. The smallest absolute Gasteiger partial charge is 0.116 e. The Morgan fingerprint density at radius 2 is 1.80 bits per heavy atom. The van der Waals surface area contributed by atoms with E-state index >= 15 is 0 Å². The second kappa shape index (κ2) is 2.86. The average Bonchev–Trinajstić information content (AvgIpc) is 1.38. The Morgan fingerprint density at radius 3 is 1.80 bits per heavy atom. The fourth-order valence-corrected chi connectivity index (χ4v) is 0. The van der Waals surface area contributed by atoms with Crippen LogP contribution < -0.4 is 0 Å². The van der Waals surface area contributed by atoms with Crippen LogP contribution >= 0.6 is 23.2 Å². The maximum atomic E-state index is 5.17. The molecule has 3 heteroatoms. The molecule has 0 aliphatic heterocycles. The average molecular weight is 110 g/mol. The van der Waals surface area contributed by atoms with Crippen molar-refractivity contribution in [2.45, 2.75) is 11.6 Å². The molecule has 0 atom stereocenters. The molecule has 0 fully saturated rings. The number of alkyl halides is 2. The first-order valence-corrected chi connectivity index (χ1v) is 2.22. The third kappa shape index (κ3) is 4.64. The van der Waals surface area contributed by atoms with E-state index in [1.54, 1.807) is 7.28 Å². The maximum absolute atomic E-state index is 5.17. The van der Waals surface area contributed by atoms with Crippen LogP contribution in [0.5, 0.6) is 0 Å². The lowest BCUT2D eigenvalue weighted by Crippen LogP contribution is -1.91. The van der Waals surface area contributed by atoms with Crippen LogP contribution in [0.25, 0.3) is 0 Å². The van der Waals surface area contributed by atoms with Gasteiger partial charge < -0.3 is 0 Å². The van der Waals surface area contributed by atoms with Crippen molar-refractivity contribution in [3.05, 3.63) is 0 Å². The molecule has 0 aromatic carbocycles. The molecule has 0 aromatic rings. The van der Waals surface area contributed by atoms with E-state index in [1.807, 2.05) is 6.82 Å². The second-order valence-electron chi connectivity index (χ2n) is 0.668. The van der Waals surface area contributed by atoms with E-state index in [0.717, 1.165) is 0 Å². The van der Waals surface area contributed by atoms with E-state index in [1.165, 1.54) is 0 Å². The van der Waals surface area contributed by atoms with Crippen molar-refractivity contribution >= 4 is 30.5 Å². The molecule has 0 aliphatic carbocycles. The normalized spacial score (nSPS) is 8.80. The molecule has 1 radical (unpaired) electrons. The van der Waals surface area contributed by atoms with E-state index in [2.05, 4.69) is 0 Å². The molecule has 29 valence electrons. The summed E-state index contributed by atoms with van der Waals surface area (Å²) in [5.74, 6) is 0. The topological polar surface area (TPSA) is 0 Å². The van der Waals surface area contributed by atoms with E-state index in [0.29, 0.717) is 0 Å². The third-order valence-electron chi connectivity index (χ3n) is 0.252. The minimum Gasteiger partial charge on any atom is -0.116 e. The van der Waals surface area contributed by atoms with Crippen molar-refractivity contribution in [2.24, 2.45) is 0 Å². The molecular weight excluding hydrogens is 106 g/mol. The van der Waals surface area contributed by atoms with Crippen LogP contribution in [0, 0.1) is 0 Å². The van der Waals surface area contributed by atoms with Crippen molar-refractivity contribution in [1.29, 1.82) is 0 Å². The van der Waals surface area contributed by atoms with Crippen molar-refractivity contribution in [2.75, 3.05) is 0 Å². The lowest BCUT2D eigenvalue weighted by Gasteiger charge is -1.82. The van der Waals surface area contributed by atoms with Crippen molar-refractivity contribution in [3.63, 3.8) is 0 Å². The van der Waals surface area contributed by atoms with Gasteiger partial charge in [-0.1, -0.05) is 6.82 Å². The number of hydrogen-bond donors (Lipinski definition) is 0. The monoisotopic (exact) mass is 109 g/mol. The molecule has 0 heterocycles. The summed E-state index contributed by atoms with van der Waals surface area (Å²) >= 11 is 10.3. The Labute approximate surface area is 42.7 Å². The number of rotatable bonds is 1. The molecule has 5 heavy (non-hydrogen) atoms. The lowest BCUT2D eigenvalue weighted by molar-refractivity contribution is 1.86. The highest BCUT2D eigenvalue weighted by atomic mass is 35.5. The number of hydrogen-bond acceptors (Lipinski definition) is 0. The minimum atomic E-state index is -0.296. The van der Waals surface area contributed by atoms with Gasteiger partial charge in [-0.25, -0.2) is 0 Å². The molecule has 0 aromatic heterocycles. The van der Waals surface area contributed by atoms with Crippen LogP contribution in [0.2, 0.25) is 6.82 Å². The molecule has 0 spiro atoms. The van der Waals surface area contributed by atoms with E-state index in [9.17, 15) is 0 Å². The Morgan fingerprint density at radius 1 is 1.60 bits per heavy atom. The highest BCUT2D eigenvalue weighted by molar-refractivity contribution is 6.67. The predicted molar refractivity (Wildman–Crippen MR) is 27.1 cm³/mol. The summed E-state index contributed by atoms with van der Waals surface area (Å²) in [5.41, 5.74) is 0. The highest BCUT2D eigenvalue weighted by Gasteiger charge is 1.89. The van der Waals surface area contributed by atoms with E-state index in [4.69, 9.17) is 23.2 Å². The summed E-state index contributed by atoms with van der Waals surface area (Å²) in [7, 11) is 1.70. The van der Waals surface area contributed by atoms with Crippen LogP contribution in [-0.2, 0) is 0 Å². The Kier molecular flexibility index (Phi) is 3.23. The van der Waals surface area contributed by atoms with Crippen LogP contribution in [0.4, 0.5) is 0 Å². The predicted octanol–water partition coefficient (Wildman–Crippen LogP) is 1.50. The van der Waals surface area contributed by atoms with Crippen molar-refractivity contribution in [3.8, 4) is 0 Å². The van der Waals surface area contributed by atoms with Crippen LogP contribution in [0.3, 0.4) is 0 Å². The van der Waals surface area contributed by atoms with Gasteiger partial charge in [-0.2, -0.15) is 0 Å². The quantitative estimate of drug-likeness (QED) is 0.354. The Bertz CT molecular complexity index is 21.6. The van der Waals surface area contributed by atoms with Gasteiger partial charge in [0.2, 0.25) is 0 Å². The van der Waals surface area contributed by atoms with Crippen LogP contribution in [0.1, 0.15) is 0 Å². The first-order chi connectivity index (χ1) is 2.27. The molecule has 0 bridgehead atoms. The van der Waals surface area contributed by atoms with Gasteiger partial charge in [-0.05, 0) is 0 Å². The molecule has 0 aliphatic rings. The largest absolute Gasteiger partial charge is 0.151 e. The lowest BCUT2D eigenvalue weighted by atomic mass is 9.86. The van der Waals surface area contributed by atoms with Crippen LogP contribution in [-0.4, -0.2) is 12.0 Å². The van der Waals surface area contributed by atoms with Gasteiger partial charge in [0.05, 0.1) is 4.74 Å². The summed E-state index contributed by atoms with van der Waals surface area (Å²) in [6.45, 7) is 1.81. The molecule has 0 unspecified atom stereocenters. The van der Waals surface area contributed by atoms with Gasteiger partial charge in [0.1, 0.15) is 0 Å². The first-order valence-electron chi connectivity index (χ1n) is 1.35. The Hall–Kier alpha value is 0.645. The van der Waals surface area contributed by atoms with Crippen LogP contribution in [0.15, 0.2) is 0 Å². The van der Waals surface area contributed by atoms with Crippen molar-refractivity contribution in [1.82, 2.24) is 0 Å². The second-order valence-corrected chi connectivity index (χ2v) is 1.83. The van der Waals surface area contributed by atoms with E-state index in [-0.39, 0.29) is 4.74 Å². The zero-order valence-electron chi connectivity index (χ0n) is 2.91. The summed E-state index contributed by atoms with van der Waals surface area (Å²) in [4.78, 5) is 0. The molecule has 0 amide bonds. The fourth-order valence-electron chi connectivity index (χ4n) is 0. The molecule has 0 N–H and O–H groups in total. The summed E-state index contributed by atoms with van der Waals surface area (Å²) in [6.07, 6.45) is 0. The summed E-state index contributed by atoms with van der Waals surface area (Å²) in [6, 6.07) is 0. The minimum absolute atomic E-state index is 0.296. The zero-order valence-corrected chi connectivity index (χ0v) is 4.42. The highest BCUT2D eigenvalue weighted by Crippen LogP contribution is 1.95. The molecule has 0 saturated heterocycles. The summed E-state index contributed by atoms with van der Waals surface area (Å²) < 4.78 is -0.296. The van der Waals surface area contributed by atoms with Crippen molar-refractivity contribution < 1.29 is 0 Å². The SMILES string of the molecule is C[B]C(Cl)Cl. The summed E-state index contributed by atoms with van der Waals surface area (Å²) in [5, 5.41) is 0. The Balaban J connectivity index is 2.54. The molecule has 0 nitrogen and oxygen atoms in total. The molecular formula is C2H4BCl2. The van der Waals surface area contributed by atoms with E-state index < -0.39 is 0 Å². The molecule has 0 saturated carbocycles.